The average molecular weight is 407 g/mol. The first-order chi connectivity index (χ1) is 14.4. The highest BCUT2D eigenvalue weighted by molar-refractivity contribution is 6.09. The maximum atomic E-state index is 13.1. The standard InChI is InChI=1S/C22H21N3O5/c1-22(16-7-5-15-11-17(29-2)8-6-14(15)10-16)20(27)25(21(28)24-22)13-19(26)23-12-18-4-3-9-30-18/h3-11H,12-13H2,1-2H3,(H,23,26)(H,24,28)/t22-/m0/s1. The van der Waals surface area contributed by atoms with Crippen LogP contribution < -0.4 is 15.4 Å². The molecule has 2 aromatic carbocycles. The number of methoxy groups -OCH3 is 1. The summed E-state index contributed by atoms with van der Waals surface area (Å²) in [4.78, 5) is 38.7. The summed E-state index contributed by atoms with van der Waals surface area (Å²) >= 11 is 0. The molecule has 4 rings (SSSR count). The summed E-state index contributed by atoms with van der Waals surface area (Å²) in [7, 11) is 1.60. The van der Waals surface area contributed by atoms with Gasteiger partial charge in [0.05, 0.1) is 19.9 Å². The maximum absolute atomic E-state index is 13.1. The number of fused-ring (bicyclic) bond motifs is 1. The van der Waals surface area contributed by atoms with Gasteiger partial charge in [-0.25, -0.2) is 4.79 Å². The van der Waals surface area contributed by atoms with Crippen molar-refractivity contribution in [3.63, 3.8) is 0 Å². The van der Waals surface area contributed by atoms with Gasteiger partial charge in [0, 0.05) is 0 Å². The molecule has 154 valence electrons. The Morgan fingerprint density at radius 1 is 1.17 bits per heavy atom. The summed E-state index contributed by atoms with van der Waals surface area (Å²) in [6.07, 6.45) is 1.50. The van der Waals surface area contributed by atoms with E-state index in [9.17, 15) is 14.4 Å². The van der Waals surface area contributed by atoms with Crippen molar-refractivity contribution in [2.24, 2.45) is 0 Å². The lowest BCUT2D eigenvalue weighted by Gasteiger charge is -2.22. The molecule has 1 fully saturated rings. The van der Waals surface area contributed by atoms with E-state index in [1.54, 1.807) is 32.2 Å². The minimum absolute atomic E-state index is 0.181. The summed E-state index contributed by atoms with van der Waals surface area (Å²) < 4.78 is 10.4. The second-order valence-electron chi connectivity index (χ2n) is 7.23. The van der Waals surface area contributed by atoms with Gasteiger partial charge in [0.1, 0.15) is 23.6 Å². The van der Waals surface area contributed by atoms with Crippen LogP contribution in [0.2, 0.25) is 0 Å². The van der Waals surface area contributed by atoms with Gasteiger partial charge in [0.25, 0.3) is 5.91 Å². The lowest BCUT2D eigenvalue weighted by atomic mass is 9.90. The van der Waals surface area contributed by atoms with Crippen LogP contribution in [0, 0.1) is 0 Å². The largest absolute Gasteiger partial charge is 0.497 e. The van der Waals surface area contributed by atoms with Crippen LogP contribution in [0.25, 0.3) is 10.8 Å². The van der Waals surface area contributed by atoms with Crippen LogP contribution >= 0.6 is 0 Å². The smallest absolute Gasteiger partial charge is 0.325 e. The Morgan fingerprint density at radius 2 is 1.93 bits per heavy atom. The zero-order chi connectivity index (χ0) is 21.3. The normalized spacial score (nSPS) is 18.5. The number of nitrogens with one attached hydrogen (secondary N) is 2. The molecule has 1 atom stereocenters. The number of hydrogen-bond acceptors (Lipinski definition) is 5. The fourth-order valence-electron chi connectivity index (χ4n) is 3.50. The monoisotopic (exact) mass is 407 g/mol. The molecular weight excluding hydrogens is 386 g/mol. The lowest BCUT2D eigenvalue weighted by molar-refractivity contribution is -0.134. The molecule has 2 N–H and O–H groups in total. The highest BCUT2D eigenvalue weighted by Crippen LogP contribution is 2.31. The van der Waals surface area contributed by atoms with Crippen molar-refractivity contribution in [3.05, 3.63) is 66.1 Å². The van der Waals surface area contributed by atoms with E-state index in [2.05, 4.69) is 10.6 Å². The van der Waals surface area contributed by atoms with Crippen molar-refractivity contribution in [1.82, 2.24) is 15.5 Å². The summed E-state index contributed by atoms with van der Waals surface area (Å²) in [6, 6.07) is 14.0. The van der Waals surface area contributed by atoms with E-state index in [0.29, 0.717) is 11.3 Å². The van der Waals surface area contributed by atoms with Crippen molar-refractivity contribution >= 4 is 28.6 Å². The maximum Gasteiger partial charge on any atom is 0.325 e. The summed E-state index contributed by atoms with van der Waals surface area (Å²) in [5, 5.41) is 7.22. The zero-order valence-corrected chi connectivity index (χ0v) is 16.6. The Balaban J connectivity index is 1.51. The van der Waals surface area contributed by atoms with E-state index >= 15 is 0 Å². The van der Waals surface area contributed by atoms with Gasteiger partial charge in [-0.05, 0) is 53.6 Å². The average Bonchev–Trinajstić information content (AvgIpc) is 3.34. The number of urea groups is 1. The quantitative estimate of drug-likeness (QED) is 0.612. The van der Waals surface area contributed by atoms with Crippen molar-refractivity contribution in [1.29, 1.82) is 0 Å². The minimum Gasteiger partial charge on any atom is -0.497 e. The molecule has 4 amide bonds. The Kier molecular flexibility index (Phi) is 4.91. The fraction of sp³-hybridized carbons (Fsp3) is 0.227. The van der Waals surface area contributed by atoms with Gasteiger partial charge in [0.15, 0.2) is 0 Å². The van der Waals surface area contributed by atoms with Crippen molar-refractivity contribution < 1.29 is 23.5 Å². The van der Waals surface area contributed by atoms with E-state index in [4.69, 9.17) is 9.15 Å². The SMILES string of the molecule is COc1ccc2cc([C@]3(C)NC(=O)N(CC(=O)NCc4ccco4)C3=O)ccc2c1. The highest BCUT2D eigenvalue weighted by Gasteiger charge is 2.49. The Bertz CT molecular complexity index is 1130. The Labute approximate surface area is 172 Å². The van der Waals surface area contributed by atoms with Crippen LogP contribution in [0.4, 0.5) is 4.79 Å². The van der Waals surface area contributed by atoms with Gasteiger partial charge in [-0.15, -0.1) is 0 Å². The summed E-state index contributed by atoms with van der Waals surface area (Å²) in [6.45, 7) is 1.45. The third-order valence-corrected chi connectivity index (χ3v) is 5.24. The van der Waals surface area contributed by atoms with Crippen LogP contribution in [0.3, 0.4) is 0 Å². The minimum atomic E-state index is -1.26. The molecule has 0 radical (unpaired) electrons. The molecule has 1 aliphatic rings. The number of nitrogens with zero attached hydrogens (tertiary/aromatic N) is 1. The number of imide groups is 1. The molecule has 30 heavy (non-hydrogen) atoms. The van der Waals surface area contributed by atoms with Gasteiger partial charge >= 0.3 is 6.03 Å². The predicted octanol–water partition coefficient (Wildman–Crippen LogP) is 2.52. The first-order valence-electron chi connectivity index (χ1n) is 9.42. The molecule has 8 heteroatoms. The first kappa shape index (κ1) is 19.5. The zero-order valence-electron chi connectivity index (χ0n) is 16.6. The summed E-state index contributed by atoms with van der Waals surface area (Å²) in [5.74, 6) is 0.384. The number of carbonyl (C=O) groups excluding carboxylic acids is 3. The van der Waals surface area contributed by atoms with Crippen LogP contribution in [-0.4, -0.2) is 36.4 Å². The molecule has 1 aromatic heterocycles. The molecule has 1 saturated heterocycles. The van der Waals surface area contributed by atoms with Gasteiger partial charge in [-0.1, -0.05) is 18.2 Å². The van der Waals surface area contributed by atoms with Crippen molar-refractivity contribution in [3.8, 4) is 5.75 Å². The molecule has 0 unspecified atom stereocenters. The number of furan rings is 1. The Hall–Kier alpha value is -3.81. The van der Waals surface area contributed by atoms with Crippen molar-refractivity contribution in [2.45, 2.75) is 19.0 Å². The third kappa shape index (κ3) is 3.47. The third-order valence-electron chi connectivity index (χ3n) is 5.24. The molecule has 2 heterocycles. The van der Waals surface area contributed by atoms with Crippen LogP contribution in [0.5, 0.6) is 5.75 Å². The number of benzene rings is 2. The van der Waals surface area contributed by atoms with Crippen LogP contribution in [0.1, 0.15) is 18.2 Å². The van der Waals surface area contributed by atoms with E-state index in [1.807, 2.05) is 30.3 Å². The van der Waals surface area contributed by atoms with Gasteiger partial charge < -0.3 is 19.8 Å². The molecule has 0 spiro atoms. The Morgan fingerprint density at radius 3 is 2.67 bits per heavy atom. The summed E-state index contributed by atoms with van der Waals surface area (Å²) in [5.41, 5.74) is -0.621. The van der Waals surface area contributed by atoms with Crippen LogP contribution in [-0.2, 0) is 21.7 Å². The number of carbonyl (C=O) groups is 3. The predicted molar refractivity (Wildman–Crippen MR) is 109 cm³/mol. The molecule has 3 aromatic rings. The molecule has 8 nitrogen and oxygen atoms in total. The second-order valence-corrected chi connectivity index (χ2v) is 7.23. The van der Waals surface area contributed by atoms with E-state index < -0.39 is 23.4 Å². The highest BCUT2D eigenvalue weighted by atomic mass is 16.5. The van der Waals surface area contributed by atoms with E-state index in [-0.39, 0.29) is 13.1 Å². The molecule has 0 saturated carbocycles. The van der Waals surface area contributed by atoms with Gasteiger partial charge in [0.2, 0.25) is 5.91 Å². The van der Waals surface area contributed by atoms with Crippen molar-refractivity contribution in [2.75, 3.05) is 13.7 Å². The van der Waals surface area contributed by atoms with E-state index in [1.165, 1.54) is 6.26 Å². The number of amides is 4. The number of hydrogen-bond donors (Lipinski definition) is 2. The number of ether oxygens (including phenoxy) is 1. The van der Waals surface area contributed by atoms with Gasteiger partial charge in [-0.3, -0.25) is 14.5 Å². The molecule has 0 aliphatic carbocycles. The van der Waals surface area contributed by atoms with E-state index in [0.717, 1.165) is 21.4 Å². The number of rotatable bonds is 6. The first-order valence-corrected chi connectivity index (χ1v) is 9.42. The second kappa shape index (κ2) is 7.55. The molecule has 1 aliphatic heterocycles. The topological polar surface area (TPSA) is 101 Å². The van der Waals surface area contributed by atoms with Crippen LogP contribution in [0.15, 0.2) is 59.2 Å². The lowest BCUT2D eigenvalue weighted by Crippen LogP contribution is -2.43. The fourth-order valence-corrected chi connectivity index (χ4v) is 3.50. The molecular formula is C22H21N3O5. The molecule has 0 bridgehead atoms. The van der Waals surface area contributed by atoms with Gasteiger partial charge in [-0.2, -0.15) is 0 Å².